The highest BCUT2D eigenvalue weighted by Gasteiger charge is 2.20. The average Bonchev–Trinajstić information content (AvgIpc) is 3.43. The molecule has 0 aliphatic rings. The van der Waals surface area contributed by atoms with Crippen LogP contribution < -0.4 is 0 Å². The zero-order chi connectivity index (χ0) is 29.5. The summed E-state index contributed by atoms with van der Waals surface area (Å²) in [5.41, 5.74) is 7.12. The largest absolute Gasteiger partial charge is 0.309 e. The third-order valence-corrected chi connectivity index (χ3v) is 7.94. The van der Waals surface area contributed by atoms with Crippen molar-refractivity contribution in [2.24, 2.45) is 0 Å². The molecule has 0 unspecified atom stereocenters. The Balaban J connectivity index is 1.39. The summed E-state index contributed by atoms with van der Waals surface area (Å²) >= 11 is 0. The van der Waals surface area contributed by atoms with E-state index >= 15 is 4.39 Å². The summed E-state index contributed by atoms with van der Waals surface area (Å²) in [6.07, 6.45) is 0. The van der Waals surface area contributed by atoms with E-state index in [2.05, 4.69) is 41.0 Å². The van der Waals surface area contributed by atoms with Crippen LogP contribution in [0.3, 0.4) is 0 Å². The number of hydrogen-bond acceptors (Lipinski definition) is 3. The molecule has 8 aromatic rings. The van der Waals surface area contributed by atoms with Gasteiger partial charge >= 0.3 is 0 Å². The van der Waals surface area contributed by atoms with Gasteiger partial charge in [-0.3, -0.25) is 0 Å². The number of nitrogens with zero attached hydrogens (tertiary/aromatic N) is 4. The van der Waals surface area contributed by atoms with Crippen LogP contribution in [-0.4, -0.2) is 19.5 Å². The average molecular weight is 569 g/mol. The summed E-state index contributed by atoms with van der Waals surface area (Å²) < 4.78 is 17.4. The van der Waals surface area contributed by atoms with Gasteiger partial charge in [0.15, 0.2) is 17.5 Å². The molecule has 0 amide bonds. The Hall–Kier alpha value is -5.94. The molecule has 0 fully saturated rings. The van der Waals surface area contributed by atoms with Crippen molar-refractivity contribution in [1.82, 2.24) is 19.5 Å². The molecule has 8 rings (SSSR count). The normalized spacial score (nSPS) is 11.3. The fraction of sp³-hybridized carbons (Fsp3) is 0. The molecule has 0 spiro atoms. The number of halogens is 1. The van der Waals surface area contributed by atoms with Gasteiger partial charge < -0.3 is 4.57 Å². The highest BCUT2D eigenvalue weighted by atomic mass is 19.1. The van der Waals surface area contributed by atoms with Crippen LogP contribution in [0.15, 0.2) is 152 Å². The molecule has 208 valence electrons. The molecule has 0 radical (unpaired) electrons. The monoisotopic (exact) mass is 568 g/mol. The van der Waals surface area contributed by atoms with Gasteiger partial charge in [-0.1, -0.05) is 121 Å². The molecule has 2 aromatic heterocycles. The first-order valence-electron chi connectivity index (χ1n) is 14.5. The van der Waals surface area contributed by atoms with Crippen molar-refractivity contribution in [3.63, 3.8) is 0 Å². The molecular weight excluding hydrogens is 543 g/mol. The molecule has 0 atom stereocenters. The first-order chi connectivity index (χ1) is 21.7. The molecule has 0 bridgehead atoms. The Bertz CT molecular complexity index is 2180. The van der Waals surface area contributed by atoms with Crippen molar-refractivity contribution >= 4 is 21.8 Å². The summed E-state index contributed by atoms with van der Waals surface area (Å²) in [4.78, 5) is 14.8. The fourth-order valence-electron chi connectivity index (χ4n) is 5.94. The van der Waals surface area contributed by atoms with Crippen molar-refractivity contribution < 1.29 is 4.39 Å². The van der Waals surface area contributed by atoms with E-state index in [1.807, 2.05) is 103 Å². The molecule has 0 aliphatic heterocycles. The predicted molar refractivity (Wildman–Crippen MR) is 176 cm³/mol. The number of rotatable bonds is 5. The molecule has 6 aromatic carbocycles. The Morgan fingerprint density at radius 1 is 0.409 bits per heavy atom. The summed E-state index contributed by atoms with van der Waals surface area (Å²) in [5, 5.41) is 2.29. The minimum Gasteiger partial charge on any atom is -0.309 e. The van der Waals surface area contributed by atoms with E-state index in [9.17, 15) is 0 Å². The maximum absolute atomic E-state index is 15.2. The topological polar surface area (TPSA) is 43.6 Å². The molecule has 0 aliphatic carbocycles. The second kappa shape index (κ2) is 10.7. The standard InChI is InChI=1S/C39H25FN4/c40-28-23-24-36(44-34-21-11-9-18-30(34)31-19-10-12-22-35(31)44)33(25-28)29-17-7-8-20-32(29)39-42-37(26-13-3-1-4-14-26)41-38(43-39)27-15-5-2-6-16-27/h1-25H. The summed E-state index contributed by atoms with van der Waals surface area (Å²) in [6, 6.07) is 49.4. The minimum atomic E-state index is -0.315. The van der Waals surface area contributed by atoms with E-state index in [0.29, 0.717) is 17.5 Å². The first-order valence-corrected chi connectivity index (χ1v) is 14.5. The van der Waals surface area contributed by atoms with Crippen LogP contribution in [0.25, 0.3) is 72.8 Å². The van der Waals surface area contributed by atoms with Crippen LogP contribution >= 0.6 is 0 Å². The highest BCUT2D eigenvalue weighted by molar-refractivity contribution is 6.09. The van der Waals surface area contributed by atoms with Crippen molar-refractivity contribution in [2.75, 3.05) is 0 Å². The summed E-state index contributed by atoms with van der Waals surface area (Å²) in [5.74, 6) is 1.35. The highest BCUT2D eigenvalue weighted by Crippen LogP contribution is 2.39. The molecular formula is C39H25FN4. The zero-order valence-electron chi connectivity index (χ0n) is 23.6. The van der Waals surface area contributed by atoms with E-state index in [0.717, 1.165) is 55.3 Å². The Labute approximate surface area is 253 Å². The lowest BCUT2D eigenvalue weighted by Crippen LogP contribution is -2.02. The van der Waals surface area contributed by atoms with Gasteiger partial charge in [0.05, 0.1) is 16.7 Å². The van der Waals surface area contributed by atoms with E-state index in [4.69, 9.17) is 15.0 Å². The maximum Gasteiger partial charge on any atom is 0.164 e. The fourth-order valence-corrected chi connectivity index (χ4v) is 5.94. The Kier molecular flexibility index (Phi) is 6.27. The molecule has 2 heterocycles. The van der Waals surface area contributed by atoms with Crippen LogP contribution in [0.4, 0.5) is 4.39 Å². The van der Waals surface area contributed by atoms with Crippen LogP contribution in [-0.2, 0) is 0 Å². The molecule has 5 heteroatoms. The van der Waals surface area contributed by atoms with Crippen molar-refractivity contribution in [1.29, 1.82) is 0 Å². The second-order valence-corrected chi connectivity index (χ2v) is 10.6. The van der Waals surface area contributed by atoms with Crippen LogP contribution in [0.1, 0.15) is 0 Å². The van der Waals surface area contributed by atoms with Crippen molar-refractivity contribution in [3.8, 4) is 51.0 Å². The van der Waals surface area contributed by atoms with Gasteiger partial charge in [0.25, 0.3) is 0 Å². The van der Waals surface area contributed by atoms with E-state index in [-0.39, 0.29) is 5.82 Å². The minimum absolute atomic E-state index is 0.315. The van der Waals surface area contributed by atoms with E-state index in [1.165, 1.54) is 6.07 Å². The third kappa shape index (κ3) is 4.43. The molecule has 4 nitrogen and oxygen atoms in total. The predicted octanol–water partition coefficient (Wildman–Crippen LogP) is 9.78. The van der Waals surface area contributed by atoms with Gasteiger partial charge in [-0.05, 0) is 35.9 Å². The van der Waals surface area contributed by atoms with Gasteiger partial charge in [-0.15, -0.1) is 0 Å². The van der Waals surface area contributed by atoms with Crippen molar-refractivity contribution in [3.05, 3.63) is 157 Å². The Morgan fingerprint density at radius 2 is 0.886 bits per heavy atom. The number of para-hydroxylation sites is 2. The van der Waals surface area contributed by atoms with E-state index in [1.54, 1.807) is 6.07 Å². The van der Waals surface area contributed by atoms with Crippen LogP contribution in [0.2, 0.25) is 0 Å². The third-order valence-electron chi connectivity index (χ3n) is 7.94. The number of aromatic nitrogens is 4. The lowest BCUT2D eigenvalue weighted by molar-refractivity contribution is 0.628. The quantitative estimate of drug-likeness (QED) is 0.208. The van der Waals surface area contributed by atoms with Crippen LogP contribution in [0.5, 0.6) is 0 Å². The van der Waals surface area contributed by atoms with Gasteiger partial charge in [0.2, 0.25) is 0 Å². The molecule has 0 N–H and O–H groups in total. The first kappa shape index (κ1) is 25.7. The smallest absolute Gasteiger partial charge is 0.164 e. The maximum atomic E-state index is 15.2. The van der Waals surface area contributed by atoms with Gasteiger partial charge in [0.1, 0.15) is 5.82 Å². The summed E-state index contributed by atoms with van der Waals surface area (Å²) in [7, 11) is 0. The Morgan fingerprint density at radius 3 is 1.48 bits per heavy atom. The lowest BCUT2D eigenvalue weighted by atomic mass is 9.97. The number of hydrogen-bond donors (Lipinski definition) is 0. The van der Waals surface area contributed by atoms with Crippen molar-refractivity contribution in [2.45, 2.75) is 0 Å². The van der Waals surface area contributed by atoms with E-state index < -0.39 is 0 Å². The van der Waals surface area contributed by atoms with Crippen LogP contribution in [0, 0.1) is 5.82 Å². The van der Waals surface area contributed by atoms with Gasteiger partial charge in [-0.2, -0.15) is 0 Å². The lowest BCUT2D eigenvalue weighted by Gasteiger charge is -2.17. The molecule has 0 saturated heterocycles. The number of benzene rings is 6. The van der Waals surface area contributed by atoms with Gasteiger partial charge in [-0.25, -0.2) is 19.3 Å². The second-order valence-electron chi connectivity index (χ2n) is 10.6. The summed E-state index contributed by atoms with van der Waals surface area (Å²) in [6.45, 7) is 0. The molecule has 0 saturated carbocycles. The molecule has 44 heavy (non-hydrogen) atoms. The number of fused-ring (bicyclic) bond motifs is 3. The van der Waals surface area contributed by atoms with Gasteiger partial charge in [0, 0.05) is 33.0 Å². The SMILES string of the molecule is Fc1ccc(-n2c3ccccc3c3ccccc32)c(-c2ccccc2-c2nc(-c3ccccc3)nc(-c3ccccc3)n2)c1. The zero-order valence-corrected chi connectivity index (χ0v) is 23.6.